The van der Waals surface area contributed by atoms with E-state index >= 15 is 0 Å². The van der Waals surface area contributed by atoms with Crippen molar-refractivity contribution >= 4 is 98.1 Å². The van der Waals surface area contributed by atoms with Gasteiger partial charge in [-0.15, -0.1) is 11.3 Å². The molecule has 12 rings (SSSR count). The molecule has 0 saturated heterocycles. The molecule has 1 aliphatic carbocycles. The number of aryl methyl sites for hydroxylation is 1. The number of allylic oxidation sites excluding steroid dienone is 1. The van der Waals surface area contributed by atoms with Crippen LogP contribution in [0.5, 0.6) is 0 Å². The van der Waals surface area contributed by atoms with Gasteiger partial charge in [-0.25, -0.2) is 0 Å². The fourth-order valence-corrected chi connectivity index (χ4v) is 10.3. The van der Waals surface area contributed by atoms with Crippen LogP contribution in [0.3, 0.4) is 0 Å². The SMILES string of the molecule is C1=Cc2c(ccc3c2oc2cccc(-c4ccc(N(c5ccc(-c6cc7ccccc7c7ccccc67)cc5)c5ccc6c(c5)sc5ccccc56)cc4)c23)CC1. The van der Waals surface area contributed by atoms with Crippen LogP contribution in [0.25, 0.3) is 92.0 Å². The number of rotatable bonds is 5. The number of furan rings is 1. The number of nitrogens with zero attached hydrogens (tertiary/aromatic N) is 1. The summed E-state index contributed by atoms with van der Waals surface area (Å²) in [5.74, 6) is 0. The molecule has 2 heterocycles. The molecular formula is C54H35NOS. The summed E-state index contributed by atoms with van der Waals surface area (Å²) in [6, 6.07) is 64.6. The van der Waals surface area contributed by atoms with Crippen molar-refractivity contribution in [3.63, 3.8) is 0 Å². The van der Waals surface area contributed by atoms with E-state index in [1.54, 1.807) is 0 Å². The summed E-state index contributed by atoms with van der Waals surface area (Å²) in [7, 11) is 0. The smallest absolute Gasteiger partial charge is 0.142 e. The maximum atomic E-state index is 6.58. The Hall–Kier alpha value is -6.94. The van der Waals surface area contributed by atoms with E-state index in [1.807, 2.05) is 11.3 Å². The maximum absolute atomic E-state index is 6.58. The molecule has 2 nitrogen and oxygen atoms in total. The maximum Gasteiger partial charge on any atom is 0.142 e. The fraction of sp³-hybridized carbons (Fsp3) is 0.0370. The Morgan fingerprint density at radius 1 is 0.474 bits per heavy atom. The van der Waals surface area contributed by atoms with Crippen molar-refractivity contribution in [1.82, 2.24) is 0 Å². The lowest BCUT2D eigenvalue weighted by atomic mass is 9.93. The average Bonchev–Trinajstić information content (AvgIpc) is 3.85. The third-order valence-corrected chi connectivity index (χ3v) is 13.1. The predicted molar refractivity (Wildman–Crippen MR) is 245 cm³/mol. The van der Waals surface area contributed by atoms with Gasteiger partial charge in [0.2, 0.25) is 0 Å². The van der Waals surface area contributed by atoms with Crippen molar-refractivity contribution in [2.45, 2.75) is 12.8 Å². The highest BCUT2D eigenvalue weighted by atomic mass is 32.1. The van der Waals surface area contributed by atoms with Crippen molar-refractivity contribution in [2.75, 3.05) is 4.90 Å². The fourth-order valence-electron chi connectivity index (χ4n) is 9.21. The van der Waals surface area contributed by atoms with Gasteiger partial charge in [-0.3, -0.25) is 0 Å². The monoisotopic (exact) mass is 745 g/mol. The molecule has 0 amide bonds. The lowest BCUT2D eigenvalue weighted by Gasteiger charge is -2.26. The minimum Gasteiger partial charge on any atom is -0.455 e. The van der Waals surface area contributed by atoms with E-state index in [-0.39, 0.29) is 0 Å². The van der Waals surface area contributed by atoms with Crippen molar-refractivity contribution in [3.8, 4) is 22.3 Å². The highest BCUT2D eigenvalue weighted by molar-refractivity contribution is 7.25. The Kier molecular flexibility index (Phi) is 7.26. The molecule has 1 aliphatic rings. The van der Waals surface area contributed by atoms with Gasteiger partial charge in [0.25, 0.3) is 0 Å². The second-order valence-electron chi connectivity index (χ2n) is 15.1. The molecule has 11 aromatic rings. The molecule has 0 N–H and O–H groups in total. The van der Waals surface area contributed by atoms with Gasteiger partial charge in [0.1, 0.15) is 11.2 Å². The largest absolute Gasteiger partial charge is 0.455 e. The van der Waals surface area contributed by atoms with E-state index in [0.717, 1.165) is 41.1 Å². The van der Waals surface area contributed by atoms with Crippen LogP contribution in [0.15, 0.2) is 186 Å². The number of fused-ring (bicyclic) bond motifs is 11. The van der Waals surface area contributed by atoms with Crippen LogP contribution < -0.4 is 4.90 Å². The van der Waals surface area contributed by atoms with E-state index in [1.165, 1.54) is 85.9 Å². The van der Waals surface area contributed by atoms with Gasteiger partial charge in [-0.05, 0) is 117 Å². The Morgan fingerprint density at radius 2 is 1.14 bits per heavy atom. The Bertz CT molecular complexity index is 3400. The van der Waals surface area contributed by atoms with Crippen molar-refractivity contribution in [3.05, 3.63) is 193 Å². The molecule has 0 fully saturated rings. The van der Waals surface area contributed by atoms with E-state index in [2.05, 4.69) is 193 Å². The molecule has 0 aliphatic heterocycles. The number of hydrogen-bond donors (Lipinski definition) is 0. The van der Waals surface area contributed by atoms with Crippen LogP contribution in [0.1, 0.15) is 17.5 Å². The van der Waals surface area contributed by atoms with Crippen LogP contribution in [0, 0.1) is 0 Å². The summed E-state index contributed by atoms with van der Waals surface area (Å²) in [6.45, 7) is 0. The molecule has 0 unspecified atom stereocenters. The Morgan fingerprint density at radius 3 is 1.96 bits per heavy atom. The third-order valence-electron chi connectivity index (χ3n) is 11.9. The van der Waals surface area contributed by atoms with Crippen LogP contribution in [0.2, 0.25) is 0 Å². The van der Waals surface area contributed by atoms with Crippen LogP contribution in [-0.2, 0) is 6.42 Å². The van der Waals surface area contributed by atoms with Gasteiger partial charge in [-0.2, -0.15) is 0 Å². The zero-order valence-electron chi connectivity index (χ0n) is 31.1. The van der Waals surface area contributed by atoms with Gasteiger partial charge < -0.3 is 9.32 Å². The zero-order chi connectivity index (χ0) is 37.5. The molecule has 9 aromatic carbocycles. The summed E-state index contributed by atoms with van der Waals surface area (Å²) in [4.78, 5) is 2.39. The second kappa shape index (κ2) is 12.8. The second-order valence-corrected chi connectivity index (χ2v) is 16.2. The lowest BCUT2D eigenvalue weighted by Crippen LogP contribution is -2.09. The number of hydrogen-bond acceptors (Lipinski definition) is 3. The van der Waals surface area contributed by atoms with E-state index in [9.17, 15) is 0 Å². The van der Waals surface area contributed by atoms with E-state index in [0.29, 0.717) is 0 Å². The molecule has 268 valence electrons. The molecule has 57 heavy (non-hydrogen) atoms. The predicted octanol–water partition coefficient (Wildman–Crippen LogP) is 16.0. The quantitative estimate of drug-likeness (QED) is 0.163. The summed E-state index contributed by atoms with van der Waals surface area (Å²) in [5.41, 5.74) is 12.6. The van der Waals surface area contributed by atoms with Gasteiger partial charge in [0.05, 0.1) is 0 Å². The molecule has 2 aromatic heterocycles. The number of anilines is 3. The Balaban J connectivity index is 0.988. The van der Waals surface area contributed by atoms with Gasteiger partial charge in [0, 0.05) is 53.6 Å². The first kappa shape index (κ1) is 32.3. The first-order valence-electron chi connectivity index (χ1n) is 19.7. The number of thiophene rings is 1. The van der Waals surface area contributed by atoms with Crippen molar-refractivity contribution in [1.29, 1.82) is 0 Å². The summed E-state index contributed by atoms with van der Waals surface area (Å²) in [6.07, 6.45) is 6.64. The molecular weight excluding hydrogens is 711 g/mol. The minimum atomic E-state index is 0.927. The van der Waals surface area contributed by atoms with Crippen molar-refractivity contribution < 1.29 is 4.42 Å². The topological polar surface area (TPSA) is 16.4 Å². The van der Waals surface area contributed by atoms with Gasteiger partial charge in [-0.1, -0.05) is 133 Å². The highest BCUT2D eigenvalue weighted by Gasteiger charge is 2.20. The molecule has 0 saturated carbocycles. The standard InChI is InChI=1S/C54H35NOS/c1-4-13-43-34(10-1)24-30-48-53-42(17-9-18-50(53)56-54(43)48)35-20-25-38(26-21-35)55(40-29-31-47-46-16-7-8-19-51(46)57-52(47)33-40)39-27-22-36(23-28-39)49-32-37-11-2-3-12-41(37)44-14-5-6-15-45(44)49/h2-9,11-33H,1,10H2. The molecule has 0 bridgehead atoms. The summed E-state index contributed by atoms with van der Waals surface area (Å²) >= 11 is 1.86. The summed E-state index contributed by atoms with van der Waals surface area (Å²) in [5, 5.41) is 10.0. The average molecular weight is 746 g/mol. The molecule has 0 radical (unpaired) electrons. The van der Waals surface area contributed by atoms with Crippen LogP contribution in [0.4, 0.5) is 17.1 Å². The molecule has 0 spiro atoms. The molecule has 3 heteroatoms. The van der Waals surface area contributed by atoms with E-state index < -0.39 is 0 Å². The first-order valence-corrected chi connectivity index (χ1v) is 20.5. The highest BCUT2D eigenvalue weighted by Crippen LogP contribution is 2.44. The van der Waals surface area contributed by atoms with E-state index in [4.69, 9.17) is 4.42 Å². The zero-order valence-corrected chi connectivity index (χ0v) is 31.9. The Labute approximate surface area is 334 Å². The summed E-state index contributed by atoms with van der Waals surface area (Å²) < 4.78 is 9.17. The van der Waals surface area contributed by atoms with Gasteiger partial charge >= 0.3 is 0 Å². The minimum absolute atomic E-state index is 0.927. The number of benzene rings is 9. The lowest BCUT2D eigenvalue weighted by molar-refractivity contribution is 0.666. The van der Waals surface area contributed by atoms with Crippen LogP contribution >= 0.6 is 11.3 Å². The first-order chi connectivity index (χ1) is 28.2. The van der Waals surface area contributed by atoms with Crippen LogP contribution in [-0.4, -0.2) is 0 Å². The molecule has 0 atom stereocenters. The third kappa shape index (κ3) is 5.16. The normalized spacial score (nSPS) is 12.7. The van der Waals surface area contributed by atoms with Gasteiger partial charge in [0.15, 0.2) is 0 Å². The van der Waals surface area contributed by atoms with Crippen molar-refractivity contribution in [2.24, 2.45) is 0 Å².